The normalized spacial score (nSPS) is 18.1. The first-order valence-electron chi connectivity index (χ1n) is 11.2. The van der Waals surface area contributed by atoms with Gasteiger partial charge in [-0.15, -0.1) is 11.3 Å². The van der Waals surface area contributed by atoms with E-state index in [2.05, 4.69) is 25.8 Å². The smallest absolute Gasteiger partial charge is 0.301 e. The van der Waals surface area contributed by atoms with E-state index in [0.29, 0.717) is 16.4 Å². The number of carbonyl (C=O) groups excluding carboxylic acids is 2. The Morgan fingerprint density at radius 3 is 2.24 bits per heavy atom. The molecule has 2 heterocycles. The minimum absolute atomic E-state index is 0.0131. The summed E-state index contributed by atoms with van der Waals surface area (Å²) >= 11 is 1.27. The van der Waals surface area contributed by atoms with E-state index in [4.69, 9.17) is 4.74 Å². The van der Waals surface area contributed by atoms with Gasteiger partial charge in [0, 0.05) is 17.1 Å². The molecule has 1 aliphatic heterocycles. The highest BCUT2D eigenvalue weighted by atomic mass is 32.1. The van der Waals surface area contributed by atoms with E-state index in [-0.39, 0.29) is 22.9 Å². The molecule has 3 aromatic rings. The van der Waals surface area contributed by atoms with Crippen molar-refractivity contribution in [3.05, 3.63) is 82.4 Å². The van der Waals surface area contributed by atoms with Crippen molar-refractivity contribution in [3.63, 3.8) is 0 Å². The maximum atomic E-state index is 13.2. The third-order valence-electron chi connectivity index (χ3n) is 5.66. The van der Waals surface area contributed by atoms with Crippen molar-refractivity contribution in [3.8, 4) is 5.75 Å². The van der Waals surface area contributed by atoms with Crippen molar-refractivity contribution in [2.24, 2.45) is 0 Å². The summed E-state index contributed by atoms with van der Waals surface area (Å²) in [5, 5.41) is 13.4. The highest BCUT2D eigenvalue weighted by Gasteiger charge is 2.48. The van der Waals surface area contributed by atoms with Gasteiger partial charge in [-0.3, -0.25) is 14.5 Å². The Kier molecular flexibility index (Phi) is 6.32. The number of aliphatic hydroxyl groups is 1. The zero-order valence-corrected chi connectivity index (χ0v) is 20.7. The van der Waals surface area contributed by atoms with E-state index >= 15 is 0 Å². The Morgan fingerprint density at radius 1 is 1.06 bits per heavy atom. The summed E-state index contributed by atoms with van der Waals surface area (Å²) < 4.78 is 5.67. The summed E-state index contributed by atoms with van der Waals surface area (Å²) in [6, 6.07) is 13.9. The molecule has 1 saturated heterocycles. The van der Waals surface area contributed by atoms with Gasteiger partial charge in [0.25, 0.3) is 5.78 Å². The van der Waals surface area contributed by atoms with Crippen LogP contribution in [0.5, 0.6) is 5.75 Å². The Hall–Kier alpha value is -3.45. The molecule has 1 unspecified atom stereocenters. The summed E-state index contributed by atoms with van der Waals surface area (Å²) in [5.41, 5.74) is 2.29. The van der Waals surface area contributed by atoms with Crippen molar-refractivity contribution in [2.75, 3.05) is 4.90 Å². The fourth-order valence-corrected chi connectivity index (χ4v) is 4.63. The summed E-state index contributed by atoms with van der Waals surface area (Å²) in [7, 11) is 0. The Bertz CT molecular complexity index is 1220. The molecule has 1 fully saturated rings. The third kappa shape index (κ3) is 4.48. The van der Waals surface area contributed by atoms with Crippen molar-refractivity contribution < 1.29 is 19.4 Å². The molecule has 176 valence electrons. The average Bonchev–Trinajstić information content (AvgIpc) is 3.40. The molecule has 1 aliphatic rings. The number of hydrogen-bond acceptors (Lipinski definition) is 6. The van der Waals surface area contributed by atoms with Gasteiger partial charge < -0.3 is 9.84 Å². The van der Waals surface area contributed by atoms with Gasteiger partial charge in [0.2, 0.25) is 0 Å². The summed E-state index contributed by atoms with van der Waals surface area (Å²) in [6.07, 6.45) is 1.60. The monoisotopic (exact) mass is 476 g/mol. The molecule has 1 N–H and O–H groups in total. The van der Waals surface area contributed by atoms with Crippen molar-refractivity contribution in [1.29, 1.82) is 0 Å². The minimum atomic E-state index is -0.785. The van der Waals surface area contributed by atoms with Gasteiger partial charge in [-0.05, 0) is 54.7 Å². The van der Waals surface area contributed by atoms with E-state index in [0.717, 1.165) is 11.1 Å². The SMILES string of the molecule is CC(C)Oc1ccc(/C(O)=C2/C(=O)C(=O)N(c3nccs3)C2c2ccc(C(C)(C)C)cc2)cc1. The van der Waals surface area contributed by atoms with Crippen LogP contribution in [0, 0.1) is 0 Å². The number of aliphatic hydroxyl groups excluding tert-OH is 1. The number of carbonyl (C=O) groups is 2. The lowest BCUT2D eigenvalue weighted by atomic mass is 9.85. The van der Waals surface area contributed by atoms with E-state index in [1.807, 2.05) is 38.1 Å². The van der Waals surface area contributed by atoms with Crippen LogP contribution < -0.4 is 9.64 Å². The molecule has 0 bridgehead atoms. The van der Waals surface area contributed by atoms with Gasteiger partial charge in [0.15, 0.2) is 5.13 Å². The van der Waals surface area contributed by atoms with Crippen molar-refractivity contribution in [2.45, 2.75) is 52.2 Å². The number of aromatic nitrogens is 1. The Labute approximate surface area is 203 Å². The first kappa shape index (κ1) is 23.7. The highest BCUT2D eigenvalue weighted by molar-refractivity contribution is 7.14. The summed E-state index contributed by atoms with van der Waals surface area (Å²) in [6.45, 7) is 10.2. The molecule has 1 atom stereocenters. The van der Waals surface area contributed by atoms with Gasteiger partial charge in [-0.2, -0.15) is 0 Å². The number of amides is 1. The van der Waals surface area contributed by atoms with Crippen LogP contribution >= 0.6 is 11.3 Å². The number of hydrogen-bond donors (Lipinski definition) is 1. The number of thiazole rings is 1. The van der Waals surface area contributed by atoms with Gasteiger partial charge in [-0.1, -0.05) is 45.0 Å². The molecule has 34 heavy (non-hydrogen) atoms. The maximum absolute atomic E-state index is 13.2. The molecule has 1 amide bonds. The van der Waals surface area contributed by atoms with Gasteiger partial charge in [-0.25, -0.2) is 4.98 Å². The van der Waals surface area contributed by atoms with E-state index in [9.17, 15) is 14.7 Å². The number of ether oxygens (including phenoxy) is 1. The van der Waals surface area contributed by atoms with Crippen molar-refractivity contribution >= 4 is 33.9 Å². The molecule has 2 aromatic carbocycles. The number of rotatable bonds is 5. The number of benzene rings is 2. The second kappa shape index (κ2) is 9.06. The van der Waals surface area contributed by atoms with E-state index in [1.165, 1.54) is 16.2 Å². The van der Waals surface area contributed by atoms with Gasteiger partial charge >= 0.3 is 5.91 Å². The lowest BCUT2D eigenvalue weighted by Gasteiger charge is -2.24. The average molecular weight is 477 g/mol. The van der Waals surface area contributed by atoms with Gasteiger partial charge in [0.05, 0.1) is 17.7 Å². The van der Waals surface area contributed by atoms with E-state index in [1.54, 1.807) is 35.8 Å². The lowest BCUT2D eigenvalue weighted by molar-refractivity contribution is -0.132. The van der Waals surface area contributed by atoms with Gasteiger partial charge in [0.1, 0.15) is 11.5 Å². The van der Waals surface area contributed by atoms with E-state index < -0.39 is 17.7 Å². The van der Waals surface area contributed by atoms with Crippen LogP contribution in [0.4, 0.5) is 5.13 Å². The lowest BCUT2D eigenvalue weighted by Crippen LogP contribution is -2.29. The quantitative estimate of drug-likeness (QED) is 0.284. The first-order valence-corrected chi connectivity index (χ1v) is 12.0. The second-order valence-electron chi connectivity index (χ2n) is 9.55. The largest absolute Gasteiger partial charge is 0.507 e. The number of ketones is 1. The number of anilines is 1. The molecule has 0 aliphatic carbocycles. The Morgan fingerprint density at radius 2 is 1.71 bits per heavy atom. The molecule has 6 nitrogen and oxygen atoms in total. The minimum Gasteiger partial charge on any atom is -0.507 e. The fraction of sp³-hybridized carbons (Fsp3) is 0.296. The predicted molar refractivity (Wildman–Crippen MR) is 134 cm³/mol. The van der Waals surface area contributed by atoms with Crippen LogP contribution in [-0.4, -0.2) is 27.9 Å². The van der Waals surface area contributed by atoms with Crippen LogP contribution in [0.1, 0.15) is 57.4 Å². The van der Waals surface area contributed by atoms with Crippen molar-refractivity contribution in [1.82, 2.24) is 4.98 Å². The van der Waals surface area contributed by atoms with Crippen LogP contribution in [0.15, 0.2) is 65.7 Å². The fourth-order valence-electron chi connectivity index (χ4n) is 3.96. The molecule has 0 saturated carbocycles. The highest BCUT2D eigenvalue weighted by Crippen LogP contribution is 2.43. The molecule has 7 heteroatoms. The molecule has 0 spiro atoms. The van der Waals surface area contributed by atoms with Crippen LogP contribution in [-0.2, 0) is 15.0 Å². The summed E-state index contributed by atoms with van der Waals surface area (Å²) in [5.74, 6) is -1.01. The number of Topliss-reactive ketones (excluding diaryl/α,β-unsaturated/α-hetero) is 1. The van der Waals surface area contributed by atoms with Crippen LogP contribution in [0.25, 0.3) is 5.76 Å². The topological polar surface area (TPSA) is 79.7 Å². The zero-order chi connectivity index (χ0) is 24.6. The third-order valence-corrected chi connectivity index (χ3v) is 6.43. The van der Waals surface area contributed by atoms with Crippen LogP contribution in [0.3, 0.4) is 0 Å². The molecule has 4 rings (SSSR count). The molecular formula is C27H28N2O4S. The molecule has 0 radical (unpaired) electrons. The predicted octanol–water partition coefficient (Wildman–Crippen LogP) is 5.85. The standard InChI is InChI=1S/C27H28N2O4S/c1-16(2)33-20-12-8-18(9-13-20)23(30)21-22(17-6-10-19(11-7-17)27(3,4)5)29(25(32)24(21)31)26-28-14-15-34-26/h6-16,22,30H,1-5H3/b23-21-. The van der Waals surface area contributed by atoms with Crippen LogP contribution in [0.2, 0.25) is 0 Å². The molecule has 1 aromatic heterocycles. The second-order valence-corrected chi connectivity index (χ2v) is 10.4. The number of nitrogens with zero attached hydrogens (tertiary/aromatic N) is 2. The molecular weight excluding hydrogens is 448 g/mol. The Balaban J connectivity index is 1.84. The maximum Gasteiger partial charge on any atom is 0.301 e. The first-order chi connectivity index (χ1) is 16.1. The summed E-state index contributed by atoms with van der Waals surface area (Å²) in [4.78, 5) is 32.0. The zero-order valence-electron chi connectivity index (χ0n) is 19.9.